The van der Waals surface area contributed by atoms with Crippen LogP contribution in [-0.2, 0) is 27.9 Å². The molecule has 0 bridgehead atoms. The number of carbonyl (C=O) groups is 1. The molecule has 0 aromatic rings. The van der Waals surface area contributed by atoms with Gasteiger partial charge in [0, 0.05) is 13.0 Å². The molecule has 9 heteroatoms. The third-order valence-corrected chi connectivity index (χ3v) is 11.5. The zero-order valence-electron chi connectivity index (χ0n) is 37.9. The molecule has 0 spiro atoms. The van der Waals surface area contributed by atoms with Crippen molar-refractivity contribution >= 4 is 13.8 Å². The lowest BCUT2D eigenvalue weighted by molar-refractivity contribution is -0.870. The number of likely N-dealkylation sites (N-methyl/N-ethyl adjacent to an activating group) is 1. The Balaban J connectivity index is 4.16. The molecule has 2 unspecified atom stereocenters. The highest BCUT2D eigenvalue weighted by Crippen LogP contribution is 2.38. The van der Waals surface area contributed by atoms with Gasteiger partial charge in [-0.25, -0.2) is 0 Å². The maximum Gasteiger partial charge on any atom is 0.306 e. The van der Waals surface area contributed by atoms with E-state index in [4.69, 9.17) is 18.5 Å². The molecule has 0 heterocycles. The Labute approximate surface area is 348 Å². The number of quaternary nitrogens is 1. The summed E-state index contributed by atoms with van der Waals surface area (Å²) in [6, 6.07) is 0. The maximum absolute atomic E-state index is 12.7. The molecule has 0 aliphatic rings. The van der Waals surface area contributed by atoms with Crippen LogP contribution >= 0.6 is 7.82 Å². The van der Waals surface area contributed by atoms with Crippen molar-refractivity contribution in [1.29, 1.82) is 0 Å². The fourth-order valence-electron chi connectivity index (χ4n) is 6.84. The van der Waals surface area contributed by atoms with Crippen molar-refractivity contribution in [1.82, 2.24) is 0 Å². The van der Waals surface area contributed by atoms with E-state index in [-0.39, 0.29) is 25.8 Å². The summed E-state index contributed by atoms with van der Waals surface area (Å²) in [5, 5.41) is 0. The van der Waals surface area contributed by atoms with Crippen LogP contribution in [0, 0.1) is 0 Å². The molecule has 56 heavy (non-hydrogen) atoms. The van der Waals surface area contributed by atoms with Crippen molar-refractivity contribution < 1.29 is 37.3 Å². The molecular formula is C47H94NO7P. The van der Waals surface area contributed by atoms with Gasteiger partial charge in [-0.15, -0.1) is 0 Å². The second-order valence-corrected chi connectivity index (χ2v) is 18.9. The summed E-state index contributed by atoms with van der Waals surface area (Å²) in [5.74, 6) is -0.338. The van der Waals surface area contributed by atoms with Crippen molar-refractivity contribution in [2.24, 2.45) is 0 Å². The van der Waals surface area contributed by atoms with Gasteiger partial charge in [0.2, 0.25) is 0 Å². The number of hydrogen-bond donors (Lipinski definition) is 0. The summed E-state index contributed by atoms with van der Waals surface area (Å²) in [6.45, 7) is 5.45. The largest absolute Gasteiger partial charge is 0.756 e. The zero-order valence-corrected chi connectivity index (χ0v) is 38.7. The average Bonchev–Trinajstić information content (AvgIpc) is 3.15. The van der Waals surface area contributed by atoms with Crippen molar-refractivity contribution in [3.63, 3.8) is 0 Å². The third-order valence-electron chi connectivity index (χ3n) is 10.6. The van der Waals surface area contributed by atoms with E-state index in [2.05, 4.69) is 26.0 Å². The standard InChI is InChI=1S/C47H94NO7P/c1-6-8-10-12-14-16-18-20-22-24-25-27-29-31-33-35-37-39-42-52-44-46(45-54-56(50,51)53-43-41-48(3,4)5)55-47(49)40-38-36-34-32-30-28-26-23-21-19-17-15-13-11-9-7-2/h23,26,46H,6-22,24-25,27-45H2,1-5H3/b26-23-. The molecule has 0 rings (SSSR count). The number of phosphoric acid groups is 1. The number of esters is 1. The predicted octanol–water partition coefficient (Wildman–Crippen LogP) is 13.6. The second-order valence-electron chi connectivity index (χ2n) is 17.5. The molecule has 0 N–H and O–H groups in total. The van der Waals surface area contributed by atoms with Crippen molar-refractivity contribution in [3.05, 3.63) is 12.2 Å². The summed E-state index contributed by atoms with van der Waals surface area (Å²) >= 11 is 0. The van der Waals surface area contributed by atoms with Gasteiger partial charge >= 0.3 is 5.97 Å². The molecule has 8 nitrogen and oxygen atoms in total. The van der Waals surface area contributed by atoms with E-state index < -0.39 is 13.9 Å². The number of hydrogen-bond acceptors (Lipinski definition) is 7. The molecule has 0 saturated heterocycles. The minimum Gasteiger partial charge on any atom is -0.756 e. The van der Waals surface area contributed by atoms with Gasteiger partial charge in [-0.3, -0.25) is 9.36 Å². The first-order chi connectivity index (χ1) is 27.1. The van der Waals surface area contributed by atoms with Gasteiger partial charge < -0.3 is 27.9 Å². The van der Waals surface area contributed by atoms with Gasteiger partial charge in [-0.05, 0) is 38.5 Å². The average molecular weight is 816 g/mol. The highest BCUT2D eigenvalue weighted by atomic mass is 31.2. The molecule has 0 aromatic heterocycles. The SMILES string of the molecule is CCCCCCCCC/C=C\CCCCCCCC(=O)OC(COCCCCCCCCCCCCCCCCCCCC)COP(=O)([O-])OCC[N+](C)(C)C. The Hall–Kier alpha value is -0.760. The lowest BCUT2D eigenvalue weighted by Gasteiger charge is -2.28. The number of allylic oxidation sites excluding steroid dienone is 2. The number of rotatable bonds is 45. The number of nitrogens with zero attached hydrogens (tertiary/aromatic N) is 1. The van der Waals surface area contributed by atoms with E-state index >= 15 is 0 Å². The molecule has 0 fully saturated rings. The first-order valence-electron chi connectivity index (χ1n) is 23.9. The fraction of sp³-hybridized carbons (Fsp3) is 0.936. The summed E-state index contributed by atoms with van der Waals surface area (Å²) < 4.78 is 34.7. The monoisotopic (exact) mass is 816 g/mol. The van der Waals surface area contributed by atoms with Crippen molar-refractivity contribution in [2.45, 2.75) is 232 Å². The van der Waals surface area contributed by atoms with Crippen LogP contribution in [0.5, 0.6) is 0 Å². The van der Waals surface area contributed by atoms with Crippen LogP contribution in [0.1, 0.15) is 226 Å². The summed E-state index contributed by atoms with van der Waals surface area (Å²) in [6.07, 6.45) is 45.1. The number of ether oxygens (including phenoxy) is 2. The Morgan fingerprint density at radius 3 is 1.36 bits per heavy atom. The van der Waals surface area contributed by atoms with Crippen LogP contribution in [0.3, 0.4) is 0 Å². The summed E-state index contributed by atoms with van der Waals surface area (Å²) in [4.78, 5) is 25.1. The predicted molar refractivity (Wildman–Crippen MR) is 236 cm³/mol. The van der Waals surface area contributed by atoms with Gasteiger partial charge in [0.25, 0.3) is 7.82 Å². The second kappa shape index (κ2) is 41.0. The van der Waals surface area contributed by atoms with Crippen LogP contribution < -0.4 is 4.89 Å². The van der Waals surface area contributed by atoms with Crippen LogP contribution in [0.25, 0.3) is 0 Å². The van der Waals surface area contributed by atoms with Gasteiger partial charge in [-0.2, -0.15) is 0 Å². The lowest BCUT2D eigenvalue weighted by Crippen LogP contribution is -2.37. The Morgan fingerprint density at radius 2 is 0.929 bits per heavy atom. The van der Waals surface area contributed by atoms with E-state index in [0.717, 1.165) is 44.9 Å². The van der Waals surface area contributed by atoms with Crippen LogP contribution in [0.4, 0.5) is 0 Å². The van der Waals surface area contributed by atoms with E-state index in [0.29, 0.717) is 24.1 Å². The Kier molecular flexibility index (Phi) is 40.4. The zero-order chi connectivity index (χ0) is 41.3. The molecule has 0 aromatic carbocycles. The molecule has 0 radical (unpaired) electrons. The van der Waals surface area contributed by atoms with Gasteiger partial charge in [-0.1, -0.05) is 193 Å². The molecule has 2 atom stereocenters. The number of unbranched alkanes of at least 4 members (excludes halogenated alkanes) is 29. The van der Waals surface area contributed by atoms with Gasteiger partial charge in [0.05, 0.1) is 34.4 Å². The van der Waals surface area contributed by atoms with E-state index in [1.807, 2.05) is 21.1 Å². The minimum absolute atomic E-state index is 0.0279. The van der Waals surface area contributed by atoms with E-state index in [1.54, 1.807) is 0 Å². The van der Waals surface area contributed by atoms with Gasteiger partial charge in [0.1, 0.15) is 19.3 Å². The highest BCUT2D eigenvalue weighted by molar-refractivity contribution is 7.45. The lowest BCUT2D eigenvalue weighted by atomic mass is 10.0. The first-order valence-corrected chi connectivity index (χ1v) is 25.4. The minimum atomic E-state index is -4.52. The van der Waals surface area contributed by atoms with Crippen molar-refractivity contribution in [2.75, 3.05) is 54.1 Å². The molecule has 334 valence electrons. The molecule has 0 amide bonds. The third kappa shape index (κ3) is 44.3. The van der Waals surface area contributed by atoms with Crippen LogP contribution in [0.2, 0.25) is 0 Å². The maximum atomic E-state index is 12.7. The van der Waals surface area contributed by atoms with Crippen molar-refractivity contribution in [3.8, 4) is 0 Å². The van der Waals surface area contributed by atoms with E-state index in [9.17, 15) is 14.3 Å². The molecule has 0 aliphatic heterocycles. The fourth-order valence-corrected chi connectivity index (χ4v) is 7.57. The van der Waals surface area contributed by atoms with Crippen LogP contribution in [-0.4, -0.2) is 70.7 Å². The first kappa shape index (κ1) is 55.2. The number of carbonyl (C=O) groups excluding carboxylic acids is 1. The Morgan fingerprint density at radius 1 is 0.536 bits per heavy atom. The molecular weight excluding hydrogens is 721 g/mol. The molecule has 0 saturated carbocycles. The van der Waals surface area contributed by atoms with E-state index in [1.165, 1.54) is 161 Å². The molecule has 0 aliphatic carbocycles. The topological polar surface area (TPSA) is 94.1 Å². The summed E-state index contributed by atoms with van der Waals surface area (Å²) in [5.41, 5.74) is 0. The Bertz CT molecular complexity index is 909. The van der Waals surface area contributed by atoms with Gasteiger partial charge in [0.15, 0.2) is 0 Å². The smallest absolute Gasteiger partial charge is 0.306 e. The summed E-state index contributed by atoms with van der Waals surface area (Å²) in [7, 11) is 1.36. The quantitative estimate of drug-likeness (QED) is 0.0199. The van der Waals surface area contributed by atoms with Crippen LogP contribution in [0.15, 0.2) is 12.2 Å². The highest BCUT2D eigenvalue weighted by Gasteiger charge is 2.20. The normalized spacial score (nSPS) is 13.8. The number of phosphoric ester groups is 1.